The summed E-state index contributed by atoms with van der Waals surface area (Å²) >= 11 is 0. The number of amides is 1. The van der Waals surface area contributed by atoms with E-state index in [1.807, 2.05) is 29.7 Å². The molecule has 142 valence electrons. The molecule has 1 aromatic carbocycles. The molecule has 3 heterocycles. The van der Waals surface area contributed by atoms with Gasteiger partial charge in [0.2, 0.25) is 0 Å². The predicted molar refractivity (Wildman–Crippen MR) is 103 cm³/mol. The van der Waals surface area contributed by atoms with Gasteiger partial charge in [-0.05, 0) is 25.1 Å². The minimum absolute atomic E-state index is 0.176. The van der Waals surface area contributed by atoms with Gasteiger partial charge in [-0.15, -0.1) is 0 Å². The molecule has 0 spiro atoms. The molecular weight excluding hydrogens is 346 g/mol. The molecule has 3 aromatic rings. The first-order valence-electron chi connectivity index (χ1n) is 9.32. The van der Waals surface area contributed by atoms with Crippen molar-refractivity contribution in [3.05, 3.63) is 46.4 Å². The molecule has 0 aliphatic carbocycles. The van der Waals surface area contributed by atoms with Gasteiger partial charge in [0.05, 0.1) is 24.1 Å². The number of hydrogen-bond acceptors (Lipinski definition) is 5. The van der Waals surface area contributed by atoms with E-state index >= 15 is 0 Å². The van der Waals surface area contributed by atoms with Crippen molar-refractivity contribution in [1.29, 1.82) is 0 Å². The van der Waals surface area contributed by atoms with Crippen molar-refractivity contribution in [3.63, 3.8) is 0 Å². The molecule has 0 bridgehead atoms. The fraction of sp³-hybridized carbons (Fsp3) is 0.400. The molecular formula is C20H23N3O4. The lowest BCUT2D eigenvalue weighted by molar-refractivity contribution is 0.0383. The van der Waals surface area contributed by atoms with Crippen LogP contribution in [-0.4, -0.2) is 54.8 Å². The number of aromatic nitrogens is 1. The number of aryl methyl sites for hydroxylation is 1. The lowest BCUT2D eigenvalue weighted by atomic mass is 10.2. The molecule has 1 N–H and O–H groups in total. The van der Waals surface area contributed by atoms with E-state index < -0.39 is 5.63 Å². The Morgan fingerprint density at radius 1 is 1.19 bits per heavy atom. The van der Waals surface area contributed by atoms with Gasteiger partial charge in [0.15, 0.2) is 0 Å². The third-order valence-corrected chi connectivity index (χ3v) is 5.03. The van der Waals surface area contributed by atoms with E-state index in [0.717, 1.165) is 43.8 Å². The van der Waals surface area contributed by atoms with Gasteiger partial charge in [-0.25, -0.2) is 4.79 Å². The van der Waals surface area contributed by atoms with Crippen LogP contribution >= 0.6 is 0 Å². The standard InChI is InChI=1S/C20H23N3O4/c1-2-23-16(19(24)21-7-8-22-9-11-26-12-10-22)13-15-18(23)14-5-3-4-6-17(14)27-20(15)25/h3-6,13H,2,7-12H2,1H3,(H,21,24). The fourth-order valence-corrected chi connectivity index (χ4v) is 3.66. The number of rotatable bonds is 5. The lowest BCUT2D eigenvalue weighted by Crippen LogP contribution is -2.41. The van der Waals surface area contributed by atoms with Gasteiger partial charge in [0, 0.05) is 38.1 Å². The van der Waals surface area contributed by atoms with Crippen LogP contribution in [0, 0.1) is 0 Å². The summed E-state index contributed by atoms with van der Waals surface area (Å²) in [4.78, 5) is 27.4. The molecule has 1 aliphatic rings. The summed E-state index contributed by atoms with van der Waals surface area (Å²) in [6.45, 7) is 7.14. The van der Waals surface area contributed by atoms with E-state index in [1.165, 1.54) is 0 Å². The molecule has 7 heteroatoms. The van der Waals surface area contributed by atoms with Crippen LogP contribution in [-0.2, 0) is 11.3 Å². The zero-order valence-electron chi connectivity index (χ0n) is 15.4. The number of morpholine rings is 1. The average Bonchev–Trinajstić information content (AvgIpc) is 3.09. The topological polar surface area (TPSA) is 76.7 Å². The second-order valence-electron chi connectivity index (χ2n) is 6.63. The highest BCUT2D eigenvalue weighted by Crippen LogP contribution is 2.26. The van der Waals surface area contributed by atoms with Crippen LogP contribution in [0.4, 0.5) is 0 Å². The van der Waals surface area contributed by atoms with Gasteiger partial charge in [-0.3, -0.25) is 9.69 Å². The fourth-order valence-electron chi connectivity index (χ4n) is 3.66. The largest absolute Gasteiger partial charge is 0.422 e. The van der Waals surface area contributed by atoms with E-state index in [0.29, 0.717) is 29.8 Å². The van der Waals surface area contributed by atoms with Gasteiger partial charge in [0.25, 0.3) is 5.91 Å². The Morgan fingerprint density at radius 2 is 1.96 bits per heavy atom. The molecule has 1 aliphatic heterocycles. The summed E-state index contributed by atoms with van der Waals surface area (Å²) in [5, 5.41) is 4.25. The Hall–Kier alpha value is -2.64. The van der Waals surface area contributed by atoms with Crippen molar-refractivity contribution in [2.75, 3.05) is 39.4 Å². The first kappa shape index (κ1) is 17.8. The Balaban J connectivity index is 1.63. The zero-order valence-corrected chi connectivity index (χ0v) is 15.4. The maximum Gasteiger partial charge on any atom is 0.345 e. The highest BCUT2D eigenvalue weighted by molar-refractivity contribution is 6.07. The van der Waals surface area contributed by atoms with Crippen LogP contribution in [0.25, 0.3) is 21.9 Å². The number of carbonyl (C=O) groups excluding carboxylic acids is 1. The van der Waals surface area contributed by atoms with Crippen molar-refractivity contribution in [2.24, 2.45) is 0 Å². The minimum atomic E-state index is -0.418. The Labute approximate surface area is 156 Å². The zero-order chi connectivity index (χ0) is 18.8. The van der Waals surface area contributed by atoms with Crippen molar-refractivity contribution < 1.29 is 13.9 Å². The van der Waals surface area contributed by atoms with Crippen LogP contribution in [0.3, 0.4) is 0 Å². The number of ether oxygens (including phenoxy) is 1. The molecule has 0 radical (unpaired) electrons. The van der Waals surface area contributed by atoms with Crippen LogP contribution in [0.2, 0.25) is 0 Å². The SMILES string of the molecule is CCn1c(C(=O)NCCN2CCOCC2)cc2c(=O)oc3ccccc3c21. The Morgan fingerprint density at radius 3 is 2.74 bits per heavy atom. The summed E-state index contributed by atoms with van der Waals surface area (Å²) in [6.07, 6.45) is 0. The molecule has 2 aromatic heterocycles. The van der Waals surface area contributed by atoms with Gasteiger partial charge in [0.1, 0.15) is 11.3 Å². The number of nitrogens with zero attached hydrogens (tertiary/aromatic N) is 2. The maximum absolute atomic E-state index is 12.8. The number of fused-ring (bicyclic) bond motifs is 3. The van der Waals surface area contributed by atoms with Gasteiger partial charge >= 0.3 is 5.63 Å². The average molecular weight is 369 g/mol. The number of para-hydroxylation sites is 1. The third-order valence-electron chi connectivity index (χ3n) is 5.03. The molecule has 0 atom stereocenters. The van der Waals surface area contributed by atoms with Crippen molar-refractivity contribution >= 4 is 27.8 Å². The molecule has 1 saturated heterocycles. The van der Waals surface area contributed by atoms with Crippen LogP contribution in [0.1, 0.15) is 17.4 Å². The molecule has 1 fully saturated rings. The molecule has 1 amide bonds. The summed E-state index contributed by atoms with van der Waals surface area (Å²) in [7, 11) is 0. The molecule has 0 unspecified atom stereocenters. The first-order valence-corrected chi connectivity index (χ1v) is 9.32. The molecule has 0 saturated carbocycles. The van der Waals surface area contributed by atoms with Crippen LogP contribution in [0.15, 0.2) is 39.5 Å². The smallest absolute Gasteiger partial charge is 0.345 e. The second kappa shape index (κ2) is 7.54. The minimum Gasteiger partial charge on any atom is -0.422 e. The number of carbonyl (C=O) groups is 1. The number of benzene rings is 1. The van der Waals surface area contributed by atoms with Gasteiger partial charge in [-0.2, -0.15) is 0 Å². The number of hydrogen-bond donors (Lipinski definition) is 1. The first-order chi connectivity index (χ1) is 13.2. The summed E-state index contributed by atoms with van der Waals surface area (Å²) in [5.74, 6) is -0.176. The third kappa shape index (κ3) is 3.36. The van der Waals surface area contributed by atoms with Crippen molar-refractivity contribution in [2.45, 2.75) is 13.5 Å². The van der Waals surface area contributed by atoms with Crippen molar-refractivity contribution in [1.82, 2.24) is 14.8 Å². The Bertz CT molecular complexity index is 1030. The lowest BCUT2D eigenvalue weighted by Gasteiger charge is -2.26. The Kier molecular flexibility index (Phi) is 4.96. The van der Waals surface area contributed by atoms with E-state index in [-0.39, 0.29) is 5.91 Å². The predicted octanol–water partition coefficient (Wildman–Crippen LogP) is 1.83. The highest BCUT2D eigenvalue weighted by Gasteiger charge is 2.20. The van der Waals surface area contributed by atoms with E-state index in [1.54, 1.807) is 12.1 Å². The molecule has 4 rings (SSSR count). The summed E-state index contributed by atoms with van der Waals surface area (Å²) in [5.41, 5.74) is 1.35. The van der Waals surface area contributed by atoms with Gasteiger partial charge < -0.3 is 19.0 Å². The van der Waals surface area contributed by atoms with Crippen molar-refractivity contribution in [3.8, 4) is 0 Å². The van der Waals surface area contributed by atoms with Gasteiger partial charge in [-0.1, -0.05) is 12.1 Å². The van der Waals surface area contributed by atoms with E-state index in [9.17, 15) is 9.59 Å². The summed E-state index contributed by atoms with van der Waals surface area (Å²) < 4.78 is 12.6. The summed E-state index contributed by atoms with van der Waals surface area (Å²) in [6, 6.07) is 9.05. The number of nitrogens with one attached hydrogen (secondary N) is 1. The maximum atomic E-state index is 12.8. The van der Waals surface area contributed by atoms with Crippen LogP contribution in [0.5, 0.6) is 0 Å². The quantitative estimate of drug-likeness (QED) is 0.695. The molecule has 7 nitrogen and oxygen atoms in total. The highest BCUT2D eigenvalue weighted by atomic mass is 16.5. The van der Waals surface area contributed by atoms with E-state index in [2.05, 4.69) is 10.2 Å². The monoisotopic (exact) mass is 369 g/mol. The second-order valence-corrected chi connectivity index (χ2v) is 6.63. The van der Waals surface area contributed by atoms with Crippen LogP contribution < -0.4 is 10.9 Å². The van der Waals surface area contributed by atoms with E-state index in [4.69, 9.17) is 9.15 Å². The molecule has 27 heavy (non-hydrogen) atoms. The normalized spacial score (nSPS) is 15.4.